The Bertz CT molecular complexity index is 485. The Hall–Kier alpha value is -0.870. The highest BCUT2D eigenvalue weighted by molar-refractivity contribution is 7.89. The molecule has 0 aliphatic heterocycles. The van der Waals surface area contributed by atoms with Gasteiger partial charge >= 0.3 is 0 Å². The topological polar surface area (TPSA) is 37.4 Å². The molecular formula is C18H31NO2S. The molecule has 0 heterocycles. The normalized spacial score (nSPS) is 12.0. The van der Waals surface area contributed by atoms with E-state index >= 15 is 0 Å². The van der Waals surface area contributed by atoms with E-state index in [-0.39, 0.29) is 0 Å². The van der Waals surface area contributed by atoms with Crippen LogP contribution in [0.1, 0.15) is 65.2 Å². The van der Waals surface area contributed by atoms with E-state index in [1.165, 1.54) is 25.7 Å². The number of nitrogens with zero attached hydrogens (tertiary/aromatic N) is 1. The number of unbranched alkanes of at least 4 members (excludes halogenated alkanes) is 6. The smallest absolute Gasteiger partial charge is 0.207 e. The number of sulfonamides is 1. The Morgan fingerprint density at radius 3 is 1.95 bits per heavy atom. The minimum Gasteiger partial charge on any atom is -0.207 e. The van der Waals surface area contributed by atoms with Gasteiger partial charge in [0, 0.05) is 13.1 Å². The van der Waals surface area contributed by atoms with Crippen LogP contribution in [0.25, 0.3) is 0 Å². The molecule has 0 N–H and O–H groups in total. The van der Waals surface area contributed by atoms with Gasteiger partial charge in [-0.3, -0.25) is 0 Å². The van der Waals surface area contributed by atoms with Crippen molar-refractivity contribution in [1.29, 1.82) is 0 Å². The number of rotatable bonds is 12. The highest BCUT2D eigenvalue weighted by atomic mass is 32.2. The van der Waals surface area contributed by atoms with Gasteiger partial charge in [-0.15, -0.1) is 0 Å². The van der Waals surface area contributed by atoms with E-state index in [0.717, 1.165) is 25.7 Å². The van der Waals surface area contributed by atoms with Gasteiger partial charge in [0.25, 0.3) is 0 Å². The molecule has 0 radical (unpaired) electrons. The molecule has 0 aliphatic carbocycles. The van der Waals surface area contributed by atoms with Crippen LogP contribution in [0.5, 0.6) is 0 Å². The quantitative estimate of drug-likeness (QED) is 0.516. The summed E-state index contributed by atoms with van der Waals surface area (Å²) in [7, 11) is -3.34. The summed E-state index contributed by atoms with van der Waals surface area (Å²) >= 11 is 0. The number of benzene rings is 1. The van der Waals surface area contributed by atoms with Gasteiger partial charge in [0.15, 0.2) is 0 Å². The fourth-order valence-corrected chi connectivity index (χ4v) is 4.03. The highest BCUT2D eigenvalue weighted by Gasteiger charge is 2.22. The lowest BCUT2D eigenvalue weighted by molar-refractivity contribution is 0.389. The predicted molar refractivity (Wildman–Crippen MR) is 93.5 cm³/mol. The molecule has 1 rings (SSSR count). The zero-order valence-corrected chi connectivity index (χ0v) is 14.9. The SMILES string of the molecule is CCCCCCCCN(CCCC)S(=O)(=O)c1ccccc1. The molecule has 0 aliphatic rings. The maximum atomic E-state index is 12.7. The number of hydrogen-bond donors (Lipinski definition) is 0. The van der Waals surface area contributed by atoms with Crippen molar-refractivity contribution in [3.63, 3.8) is 0 Å². The third-order valence-electron chi connectivity index (χ3n) is 3.90. The van der Waals surface area contributed by atoms with E-state index in [9.17, 15) is 8.42 Å². The largest absolute Gasteiger partial charge is 0.243 e. The zero-order chi connectivity index (χ0) is 16.3. The summed E-state index contributed by atoms with van der Waals surface area (Å²) in [4.78, 5) is 0.414. The summed E-state index contributed by atoms with van der Waals surface area (Å²) in [5.74, 6) is 0. The third-order valence-corrected chi connectivity index (χ3v) is 5.82. The minimum atomic E-state index is -3.34. The van der Waals surface area contributed by atoms with Crippen LogP contribution in [0.15, 0.2) is 35.2 Å². The average molecular weight is 326 g/mol. The van der Waals surface area contributed by atoms with Gasteiger partial charge in [-0.2, -0.15) is 4.31 Å². The third kappa shape index (κ3) is 6.49. The van der Waals surface area contributed by atoms with Crippen molar-refractivity contribution >= 4 is 10.0 Å². The van der Waals surface area contributed by atoms with Crippen LogP contribution in [-0.4, -0.2) is 25.8 Å². The molecule has 1 aromatic carbocycles. The molecule has 0 amide bonds. The Labute approximate surface area is 136 Å². The van der Waals surface area contributed by atoms with Gasteiger partial charge in [-0.05, 0) is 25.0 Å². The predicted octanol–water partition coefficient (Wildman–Crippen LogP) is 4.84. The fraction of sp³-hybridized carbons (Fsp3) is 0.667. The molecule has 0 aromatic heterocycles. The van der Waals surface area contributed by atoms with Crippen molar-refractivity contribution in [3.8, 4) is 0 Å². The zero-order valence-electron chi connectivity index (χ0n) is 14.1. The van der Waals surface area contributed by atoms with Crippen LogP contribution in [0.3, 0.4) is 0 Å². The van der Waals surface area contributed by atoms with Crippen LogP contribution in [0.2, 0.25) is 0 Å². The van der Waals surface area contributed by atoms with E-state index < -0.39 is 10.0 Å². The van der Waals surface area contributed by atoms with Crippen LogP contribution in [0.4, 0.5) is 0 Å². The first-order valence-corrected chi connectivity index (χ1v) is 10.1. The summed E-state index contributed by atoms with van der Waals surface area (Å²) < 4.78 is 27.1. The number of hydrogen-bond acceptors (Lipinski definition) is 2. The first-order chi connectivity index (χ1) is 10.6. The highest BCUT2D eigenvalue weighted by Crippen LogP contribution is 2.17. The van der Waals surface area contributed by atoms with Crippen molar-refractivity contribution in [1.82, 2.24) is 4.31 Å². The van der Waals surface area contributed by atoms with Crippen LogP contribution < -0.4 is 0 Å². The van der Waals surface area contributed by atoms with E-state index in [2.05, 4.69) is 13.8 Å². The molecule has 0 fully saturated rings. The molecule has 0 saturated carbocycles. The van der Waals surface area contributed by atoms with Crippen LogP contribution >= 0.6 is 0 Å². The van der Waals surface area contributed by atoms with E-state index in [1.54, 1.807) is 28.6 Å². The van der Waals surface area contributed by atoms with E-state index in [0.29, 0.717) is 18.0 Å². The first-order valence-electron chi connectivity index (χ1n) is 8.68. The lowest BCUT2D eigenvalue weighted by Crippen LogP contribution is -2.33. The Balaban J connectivity index is 2.59. The van der Waals surface area contributed by atoms with Crippen molar-refractivity contribution in [2.45, 2.75) is 70.1 Å². The standard InChI is InChI=1S/C18H31NO2S/c1-3-5-7-8-9-13-17-19(16-6-4-2)22(20,21)18-14-11-10-12-15-18/h10-12,14-15H,3-9,13,16-17H2,1-2H3. The summed E-state index contributed by atoms with van der Waals surface area (Å²) in [5, 5.41) is 0. The molecule has 4 heteroatoms. The van der Waals surface area contributed by atoms with Gasteiger partial charge in [0.05, 0.1) is 4.90 Å². The van der Waals surface area contributed by atoms with E-state index in [4.69, 9.17) is 0 Å². The average Bonchev–Trinajstić information content (AvgIpc) is 2.54. The fourth-order valence-electron chi connectivity index (χ4n) is 2.50. The molecule has 0 unspecified atom stereocenters. The molecule has 0 atom stereocenters. The maximum absolute atomic E-state index is 12.7. The van der Waals surface area contributed by atoms with Crippen LogP contribution in [0, 0.1) is 0 Å². The molecular weight excluding hydrogens is 294 g/mol. The van der Waals surface area contributed by atoms with Crippen molar-refractivity contribution in [2.24, 2.45) is 0 Å². The molecule has 0 bridgehead atoms. The van der Waals surface area contributed by atoms with Gasteiger partial charge in [0.2, 0.25) is 10.0 Å². The summed E-state index contributed by atoms with van der Waals surface area (Å²) in [6.45, 7) is 5.57. The van der Waals surface area contributed by atoms with Gasteiger partial charge in [-0.25, -0.2) is 8.42 Å². The molecule has 0 spiro atoms. The van der Waals surface area contributed by atoms with Gasteiger partial charge in [-0.1, -0.05) is 70.6 Å². The van der Waals surface area contributed by atoms with Crippen molar-refractivity contribution in [3.05, 3.63) is 30.3 Å². The minimum absolute atomic E-state index is 0.414. The van der Waals surface area contributed by atoms with Crippen molar-refractivity contribution < 1.29 is 8.42 Å². The summed E-state index contributed by atoms with van der Waals surface area (Å²) in [5.41, 5.74) is 0. The van der Waals surface area contributed by atoms with E-state index in [1.807, 2.05) is 6.07 Å². The second kappa shape index (κ2) is 10.8. The molecule has 3 nitrogen and oxygen atoms in total. The molecule has 1 aromatic rings. The van der Waals surface area contributed by atoms with Gasteiger partial charge < -0.3 is 0 Å². The molecule has 0 saturated heterocycles. The lowest BCUT2D eigenvalue weighted by Gasteiger charge is -2.22. The Kier molecular flexibility index (Phi) is 9.41. The first kappa shape index (κ1) is 19.2. The second-order valence-electron chi connectivity index (χ2n) is 5.84. The van der Waals surface area contributed by atoms with Crippen LogP contribution in [-0.2, 0) is 10.0 Å². The maximum Gasteiger partial charge on any atom is 0.243 e. The monoisotopic (exact) mass is 325 g/mol. The second-order valence-corrected chi connectivity index (χ2v) is 7.78. The Morgan fingerprint density at radius 1 is 0.773 bits per heavy atom. The molecule has 126 valence electrons. The van der Waals surface area contributed by atoms with Gasteiger partial charge in [0.1, 0.15) is 0 Å². The molecule has 22 heavy (non-hydrogen) atoms. The summed E-state index contributed by atoms with van der Waals surface area (Å²) in [6.07, 6.45) is 9.00. The van der Waals surface area contributed by atoms with Crippen molar-refractivity contribution in [2.75, 3.05) is 13.1 Å². The summed E-state index contributed by atoms with van der Waals surface area (Å²) in [6, 6.07) is 8.81. The Morgan fingerprint density at radius 2 is 1.32 bits per heavy atom. The lowest BCUT2D eigenvalue weighted by atomic mass is 10.1.